The van der Waals surface area contributed by atoms with E-state index in [-0.39, 0.29) is 17.4 Å². The molecule has 2 aromatic rings. The first-order chi connectivity index (χ1) is 17.8. The van der Waals surface area contributed by atoms with Crippen LogP contribution in [-0.4, -0.2) is 54.8 Å². The highest BCUT2D eigenvalue weighted by Crippen LogP contribution is 2.48. The summed E-state index contributed by atoms with van der Waals surface area (Å²) in [6.45, 7) is 10.2. The number of nitrogens with one attached hydrogen (secondary N) is 1. The van der Waals surface area contributed by atoms with Crippen molar-refractivity contribution in [1.29, 1.82) is 0 Å². The van der Waals surface area contributed by atoms with Crippen LogP contribution >= 0.6 is 0 Å². The smallest absolute Gasteiger partial charge is 0.323 e. The SMILES string of the molecule is COC(=O)[C@H](Cc1ccccc1)NCCCC[C@@]1(c2cc(O)ccc2C)CCN(CC2CC2)C(C)[C@@H]1C. The summed E-state index contributed by atoms with van der Waals surface area (Å²) in [5, 5.41) is 13.9. The number of phenolic OH excluding ortho intramolecular Hbond substituents is 1. The maximum absolute atomic E-state index is 12.4. The van der Waals surface area contributed by atoms with Gasteiger partial charge in [-0.25, -0.2) is 0 Å². The number of carbonyl (C=O) groups is 1. The van der Waals surface area contributed by atoms with Gasteiger partial charge in [-0.05, 0) is 106 Å². The maximum atomic E-state index is 12.4. The van der Waals surface area contributed by atoms with Crippen LogP contribution < -0.4 is 5.32 Å². The molecule has 0 bridgehead atoms. The van der Waals surface area contributed by atoms with Gasteiger partial charge in [-0.15, -0.1) is 0 Å². The molecule has 0 radical (unpaired) electrons. The zero-order valence-corrected chi connectivity index (χ0v) is 23.2. The minimum Gasteiger partial charge on any atom is -0.508 e. The summed E-state index contributed by atoms with van der Waals surface area (Å²) in [5.74, 6) is 1.55. The lowest BCUT2D eigenvalue weighted by Crippen LogP contribution is -2.54. The molecule has 1 unspecified atom stereocenters. The van der Waals surface area contributed by atoms with Crippen molar-refractivity contribution in [3.8, 4) is 5.75 Å². The van der Waals surface area contributed by atoms with E-state index in [0.29, 0.717) is 24.1 Å². The van der Waals surface area contributed by atoms with Crippen LogP contribution in [-0.2, 0) is 21.4 Å². The number of unbranched alkanes of at least 4 members (excludes halogenated alkanes) is 1. The maximum Gasteiger partial charge on any atom is 0.323 e. The van der Waals surface area contributed by atoms with E-state index in [1.165, 1.54) is 37.6 Å². The van der Waals surface area contributed by atoms with Crippen molar-refractivity contribution >= 4 is 5.97 Å². The van der Waals surface area contributed by atoms with Crippen molar-refractivity contribution in [2.24, 2.45) is 11.8 Å². The second-order valence-corrected chi connectivity index (χ2v) is 11.5. The third-order valence-electron chi connectivity index (χ3n) is 9.17. The van der Waals surface area contributed by atoms with Crippen LogP contribution in [0.1, 0.15) is 69.1 Å². The standard InChI is InChI=1S/C32H46N2O3/c1-23-12-15-28(35)21-29(23)32(17-19-34(22-27-13-14-27)25(3)24(32)2)16-8-9-18-33-30(31(36)37-4)20-26-10-6-5-7-11-26/h5-7,10-12,15,21,24-25,27,30,33,35H,8-9,13-14,16-20,22H2,1-4H3/t24-,25?,30-,32+/m0/s1. The number of esters is 1. The summed E-state index contributed by atoms with van der Waals surface area (Å²) in [7, 11) is 1.46. The molecule has 1 aliphatic carbocycles. The van der Waals surface area contributed by atoms with Crippen LogP contribution in [0.5, 0.6) is 5.75 Å². The molecule has 5 nitrogen and oxygen atoms in total. The first-order valence-electron chi connectivity index (χ1n) is 14.2. The fraction of sp³-hybridized carbons (Fsp3) is 0.594. The number of piperidine rings is 1. The summed E-state index contributed by atoms with van der Waals surface area (Å²) >= 11 is 0. The molecular formula is C32H46N2O3. The number of phenols is 1. The predicted molar refractivity (Wildman–Crippen MR) is 150 cm³/mol. The monoisotopic (exact) mass is 506 g/mol. The normalized spacial score (nSPS) is 25.1. The molecule has 202 valence electrons. The van der Waals surface area contributed by atoms with Gasteiger partial charge >= 0.3 is 5.97 Å². The highest BCUT2D eigenvalue weighted by Gasteiger charge is 2.46. The highest BCUT2D eigenvalue weighted by molar-refractivity contribution is 5.76. The van der Waals surface area contributed by atoms with E-state index < -0.39 is 0 Å². The van der Waals surface area contributed by atoms with Gasteiger partial charge in [-0.1, -0.05) is 49.7 Å². The topological polar surface area (TPSA) is 61.8 Å². The van der Waals surface area contributed by atoms with E-state index in [2.05, 4.69) is 49.2 Å². The average Bonchev–Trinajstić information content (AvgIpc) is 3.73. The van der Waals surface area contributed by atoms with Gasteiger partial charge in [0.05, 0.1) is 7.11 Å². The number of likely N-dealkylation sites (tertiary alicyclic amines) is 1. The molecule has 1 heterocycles. The Labute approximate surface area is 223 Å². The lowest BCUT2D eigenvalue weighted by Gasteiger charge is -2.52. The van der Waals surface area contributed by atoms with E-state index in [4.69, 9.17) is 4.74 Å². The largest absolute Gasteiger partial charge is 0.508 e. The molecule has 4 rings (SSSR count). The zero-order valence-electron chi connectivity index (χ0n) is 23.2. The number of hydrogen-bond donors (Lipinski definition) is 2. The summed E-state index contributed by atoms with van der Waals surface area (Å²) in [6.07, 6.45) is 7.68. The van der Waals surface area contributed by atoms with Crippen LogP contribution in [0.3, 0.4) is 0 Å². The Balaban J connectivity index is 1.41. The van der Waals surface area contributed by atoms with E-state index in [1.54, 1.807) is 0 Å². The molecular weight excluding hydrogens is 460 g/mol. The fourth-order valence-electron chi connectivity index (χ4n) is 6.53. The number of aryl methyl sites for hydroxylation is 1. The molecule has 37 heavy (non-hydrogen) atoms. The predicted octanol–water partition coefficient (Wildman–Crippen LogP) is 5.62. The van der Waals surface area contributed by atoms with E-state index in [0.717, 1.165) is 50.3 Å². The molecule has 1 saturated carbocycles. The average molecular weight is 507 g/mol. The summed E-state index contributed by atoms with van der Waals surface area (Å²) in [5.41, 5.74) is 3.78. The van der Waals surface area contributed by atoms with Crippen molar-refractivity contribution in [1.82, 2.24) is 10.2 Å². The fourth-order valence-corrected chi connectivity index (χ4v) is 6.53. The lowest BCUT2D eigenvalue weighted by molar-refractivity contribution is -0.143. The van der Waals surface area contributed by atoms with E-state index >= 15 is 0 Å². The molecule has 1 saturated heterocycles. The van der Waals surface area contributed by atoms with Crippen LogP contribution in [0, 0.1) is 18.8 Å². The summed E-state index contributed by atoms with van der Waals surface area (Å²) < 4.78 is 5.07. The van der Waals surface area contributed by atoms with Gasteiger partial charge in [0.15, 0.2) is 0 Å². The second kappa shape index (κ2) is 12.4. The van der Waals surface area contributed by atoms with E-state index in [1.807, 2.05) is 30.3 Å². The first-order valence-corrected chi connectivity index (χ1v) is 14.2. The van der Waals surface area contributed by atoms with Crippen molar-refractivity contribution < 1.29 is 14.6 Å². The molecule has 0 aromatic heterocycles. The van der Waals surface area contributed by atoms with Gasteiger partial charge in [0.2, 0.25) is 0 Å². The number of carbonyl (C=O) groups excluding carboxylic acids is 1. The van der Waals surface area contributed by atoms with Crippen molar-refractivity contribution in [2.45, 2.75) is 83.2 Å². The first kappa shape index (κ1) is 27.7. The molecule has 4 atom stereocenters. The quantitative estimate of drug-likeness (QED) is 0.289. The van der Waals surface area contributed by atoms with Gasteiger partial charge < -0.3 is 20.1 Å². The number of rotatable bonds is 12. The highest BCUT2D eigenvalue weighted by atomic mass is 16.5. The molecule has 0 spiro atoms. The number of ether oxygens (including phenoxy) is 1. The Bertz CT molecular complexity index is 1020. The van der Waals surface area contributed by atoms with Crippen molar-refractivity contribution in [3.63, 3.8) is 0 Å². The van der Waals surface area contributed by atoms with Gasteiger partial charge in [0, 0.05) is 18.0 Å². The summed E-state index contributed by atoms with van der Waals surface area (Å²) in [6, 6.07) is 16.2. The van der Waals surface area contributed by atoms with E-state index in [9.17, 15) is 9.90 Å². The Morgan fingerprint density at radius 1 is 1.16 bits per heavy atom. The number of methoxy groups -OCH3 is 1. The lowest BCUT2D eigenvalue weighted by atomic mass is 9.60. The molecule has 2 aromatic carbocycles. The molecule has 1 aliphatic heterocycles. The van der Waals surface area contributed by atoms with Gasteiger partial charge in [0.25, 0.3) is 0 Å². The van der Waals surface area contributed by atoms with Crippen LogP contribution in [0.25, 0.3) is 0 Å². The Morgan fingerprint density at radius 3 is 2.62 bits per heavy atom. The minimum absolute atomic E-state index is 0.0497. The number of hydrogen-bond acceptors (Lipinski definition) is 5. The van der Waals surface area contributed by atoms with Crippen molar-refractivity contribution in [2.75, 3.05) is 26.7 Å². The molecule has 2 N–H and O–H groups in total. The minimum atomic E-state index is -0.334. The summed E-state index contributed by atoms with van der Waals surface area (Å²) in [4.78, 5) is 15.1. The second-order valence-electron chi connectivity index (χ2n) is 11.5. The van der Waals surface area contributed by atoms with Gasteiger partial charge in [-0.2, -0.15) is 0 Å². The number of nitrogens with zero attached hydrogens (tertiary/aromatic N) is 1. The van der Waals surface area contributed by atoms with Crippen LogP contribution in [0.4, 0.5) is 0 Å². The third-order valence-corrected chi connectivity index (χ3v) is 9.17. The van der Waals surface area contributed by atoms with Gasteiger partial charge in [-0.3, -0.25) is 4.79 Å². The molecule has 0 amide bonds. The van der Waals surface area contributed by atoms with Crippen LogP contribution in [0.2, 0.25) is 0 Å². The molecule has 2 fully saturated rings. The van der Waals surface area contributed by atoms with Crippen LogP contribution in [0.15, 0.2) is 48.5 Å². The third kappa shape index (κ3) is 6.74. The Kier molecular flexibility index (Phi) is 9.31. The number of aromatic hydroxyl groups is 1. The molecule has 5 heteroatoms. The Hall–Kier alpha value is -2.37. The van der Waals surface area contributed by atoms with Crippen molar-refractivity contribution in [3.05, 3.63) is 65.2 Å². The Morgan fingerprint density at radius 2 is 1.92 bits per heavy atom. The van der Waals surface area contributed by atoms with Gasteiger partial charge in [0.1, 0.15) is 11.8 Å². The molecule has 2 aliphatic rings. The zero-order chi connectivity index (χ0) is 26.4. The number of benzene rings is 2.